The van der Waals surface area contributed by atoms with Gasteiger partial charge in [-0.25, -0.2) is 0 Å². The summed E-state index contributed by atoms with van der Waals surface area (Å²) >= 11 is 7.76. The van der Waals surface area contributed by atoms with Gasteiger partial charge in [-0.3, -0.25) is 4.79 Å². The molecule has 1 aromatic heterocycles. The Kier molecular flexibility index (Phi) is 4.71. The number of thioether (sulfide) groups is 1. The molecular formula is C17H14ClNO2S. The van der Waals surface area contributed by atoms with E-state index >= 15 is 0 Å². The highest BCUT2D eigenvalue weighted by molar-refractivity contribution is 8.00. The molecule has 22 heavy (non-hydrogen) atoms. The van der Waals surface area contributed by atoms with Gasteiger partial charge in [-0.2, -0.15) is 0 Å². The molecule has 0 radical (unpaired) electrons. The molecule has 1 amide bonds. The lowest BCUT2D eigenvalue weighted by Crippen LogP contribution is -2.24. The van der Waals surface area contributed by atoms with Crippen LogP contribution in [0.3, 0.4) is 0 Å². The van der Waals surface area contributed by atoms with Gasteiger partial charge in [0.25, 0.3) is 0 Å². The summed E-state index contributed by atoms with van der Waals surface area (Å²) in [6.07, 6.45) is 1.59. The number of fused-ring (bicyclic) bond motifs is 1. The van der Waals surface area contributed by atoms with E-state index < -0.39 is 0 Å². The van der Waals surface area contributed by atoms with Crippen molar-refractivity contribution in [3.8, 4) is 0 Å². The molecule has 2 aromatic carbocycles. The number of nitrogens with one attached hydrogen (secondary N) is 1. The second kappa shape index (κ2) is 6.90. The van der Waals surface area contributed by atoms with Gasteiger partial charge < -0.3 is 9.73 Å². The lowest BCUT2D eigenvalue weighted by molar-refractivity contribution is -0.118. The molecule has 3 rings (SSSR count). The maximum atomic E-state index is 11.9. The Hall–Kier alpha value is -1.91. The van der Waals surface area contributed by atoms with Gasteiger partial charge in [0.2, 0.25) is 5.91 Å². The summed E-state index contributed by atoms with van der Waals surface area (Å²) in [5.74, 6) is 1.04. The van der Waals surface area contributed by atoms with Crippen molar-refractivity contribution in [2.75, 3.05) is 5.75 Å². The average Bonchev–Trinajstić information content (AvgIpc) is 3.04. The lowest BCUT2D eigenvalue weighted by Gasteiger charge is -2.08. The summed E-state index contributed by atoms with van der Waals surface area (Å²) in [5.41, 5.74) is 0. The highest BCUT2D eigenvalue weighted by Crippen LogP contribution is 2.33. The normalized spacial score (nSPS) is 10.8. The van der Waals surface area contributed by atoms with Crippen molar-refractivity contribution in [2.24, 2.45) is 0 Å². The quantitative estimate of drug-likeness (QED) is 0.700. The molecule has 1 heterocycles. The van der Waals surface area contributed by atoms with Crippen molar-refractivity contribution < 1.29 is 9.21 Å². The van der Waals surface area contributed by atoms with Crippen molar-refractivity contribution in [3.05, 3.63) is 65.6 Å². The number of carbonyl (C=O) groups is 1. The molecule has 0 fully saturated rings. The molecule has 112 valence electrons. The first-order valence-corrected chi connectivity index (χ1v) is 8.19. The molecule has 0 aliphatic rings. The monoisotopic (exact) mass is 331 g/mol. The smallest absolute Gasteiger partial charge is 0.230 e. The van der Waals surface area contributed by atoms with Gasteiger partial charge in [0, 0.05) is 15.3 Å². The maximum Gasteiger partial charge on any atom is 0.230 e. The fourth-order valence-electron chi connectivity index (χ4n) is 2.18. The number of rotatable bonds is 5. The molecule has 0 aliphatic heterocycles. The minimum Gasteiger partial charge on any atom is -0.467 e. The van der Waals surface area contributed by atoms with Gasteiger partial charge >= 0.3 is 0 Å². The number of hydrogen-bond acceptors (Lipinski definition) is 3. The summed E-state index contributed by atoms with van der Waals surface area (Å²) < 4.78 is 5.18. The average molecular weight is 332 g/mol. The van der Waals surface area contributed by atoms with Crippen LogP contribution in [-0.2, 0) is 11.3 Å². The molecule has 3 nitrogen and oxygen atoms in total. The van der Waals surface area contributed by atoms with E-state index in [4.69, 9.17) is 16.0 Å². The highest BCUT2D eigenvalue weighted by Gasteiger charge is 2.08. The number of hydrogen-bond donors (Lipinski definition) is 1. The Morgan fingerprint density at radius 3 is 2.73 bits per heavy atom. The molecule has 3 aromatic rings. The van der Waals surface area contributed by atoms with Crippen LogP contribution in [0.1, 0.15) is 5.76 Å². The number of amides is 1. The molecule has 1 N–H and O–H groups in total. The van der Waals surface area contributed by atoms with E-state index in [1.54, 1.807) is 12.3 Å². The van der Waals surface area contributed by atoms with Crippen molar-refractivity contribution in [3.63, 3.8) is 0 Å². The summed E-state index contributed by atoms with van der Waals surface area (Å²) in [6.45, 7) is 0.405. The van der Waals surface area contributed by atoms with Crippen LogP contribution in [0.2, 0.25) is 5.02 Å². The first kappa shape index (κ1) is 15.0. The van der Waals surface area contributed by atoms with Crippen LogP contribution in [-0.4, -0.2) is 11.7 Å². The fraction of sp³-hybridized carbons (Fsp3) is 0.118. The zero-order valence-corrected chi connectivity index (χ0v) is 13.3. The topological polar surface area (TPSA) is 42.2 Å². The minimum absolute atomic E-state index is 0.0366. The second-order valence-electron chi connectivity index (χ2n) is 4.74. The van der Waals surface area contributed by atoms with Crippen molar-refractivity contribution in [1.29, 1.82) is 0 Å². The van der Waals surface area contributed by atoms with Crippen molar-refractivity contribution in [1.82, 2.24) is 5.32 Å². The zero-order chi connectivity index (χ0) is 15.4. The second-order valence-corrected chi connectivity index (χ2v) is 6.16. The largest absolute Gasteiger partial charge is 0.467 e. The fourth-order valence-corrected chi connectivity index (χ4v) is 3.45. The van der Waals surface area contributed by atoms with Gasteiger partial charge in [0.05, 0.1) is 18.6 Å². The summed E-state index contributed by atoms with van der Waals surface area (Å²) in [7, 11) is 0. The Bertz CT molecular complexity index is 781. The van der Waals surface area contributed by atoms with Crippen LogP contribution in [0.4, 0.5) is 0 Å². The van der Waals surface area contributed by atoms with Crippen LogP contribution in [0.15, 0.2) is 64.1 Å². The van der Waals surface area contributed by atoms with Gasteiger partial charge in [0.15, 0.2) is 0 Å². The number of furan rings is 1. The molecule has 0 bridgehead atoms. The standard InChI is InChI=1S/C17H14ClNO2S/c18-14-7-1-4-12-5-2-8-15(17(12)14)22-11-16(20)19-10-13-6-3-9-21-13/h1-9H,10-11H2,(H,19,20). The molecule has 5 heteroatoms. The van der Waals surface area contributed by atoms with E-state index in [2.05, 4.69) is 5.32 Å². The molecular weight excluding hydrogens is 318 g/mol. The highest BCUT2D eigenvalue weighted by atomic mass is 35.5. The number of carbonyl (C=O) groups excluding carboxylic acids is 1. The van der Waals surface area contributed by atoms with Gasteiger partial charge in [-0.15, -0.1) is 11.8 Å². The third kappa shape index (κ3) is 3.46. The van der Waals surface area contributed by atoms with E-state index in [1.165, 1.54) is 11.8 Å². The van der Waals surface area contributed by atoms with Gasteiger partial charge in [-0.1, -0.05) is 35.9 Å². The van der Waals surface area contributed by atoms with E-state index in [0.29, 0.717) is 17.3 Å². The van der Waals surface area contributed by atoms with Crippen LogP contribution < -0.4 is 5.32 Å². The maximum absolute atomic E-state index is 11.9. The Morgan fingerprint density at radius 2 is 1.95 bits per heavy atom. The summed E-state index contributed by atoms with van der Waals surface area (Å²) in [5, 5.41) is 5.61. The molecule has 0 aliphatic carbocycles. The van der Waals surface area contributed by atoms with Gasteiger partial charge in [0.1, 0.15) is 5.76 Å². The van der Waals surface area contributed by atoms with Crippen molar-refractivity contribution in [2.45, 2.75) is 11.4 Å². The predicted molar refractivity (Wildman–Crippen MR) is 90.2 cm³/mol. The van der Waals surface area contributed by atoms with Crippen molar-refractivity contribution >= 4 is 40.0 Å². The summed E-state index contributed by atoms with van der Waals surface area (Å²) in [6, 6.07) is 15.4. The SMILES string of the molecule is O=C(CSc1cccc2cccc(Cl)c12)NCc1ccco1. The Labute approximate surface area is 137 Å². The first-order valence-electron chi connectivity index (χ1n) is 6.83. The third-order valence-electron chi connectivity index (χ3n) is 3.21. The van der Waals surface area contributed by atoms with E-state index in [9.17, 15) is 4.79 Å². The van der Waals surface area contributed by atoms with E-state index in [0.717, 1.165) is 21.4 Å². The zero-order valence-electron chi connectivity index (χ0n) is 11.7. The number of halogens is 1. The molecule has 0 atom stereocenters. The summed E-state index contributed by atoms with van der Waals surface area (Å²) in [4.78, 5) is 12.9. The molecule has 0 saturated carbocycles. The number of benzene rings is 2. The molecule has 0 unspecified atom stereocenters. The van der Waals surface area contributed by atoms with Crippen LogP contribution >= 0.6 is 23.4 Å². The van der Waals surface area contributed by atoms with E-state index in [-0.39, 0.29) is 5.91 Å². The van der Waals surface area contributed by atoms with E-state index in [1.807, 2.05) is 42.5 Å². The minimum atomic E-state index is -0.0366. The predicted octanol–water partition coefficient (Wildman–Crippen LogP) is 4.49. The third-order valence-corrected chi connectivity index (χ3v) is 4.59. The Balaban J connectivity index is 1.65. The Morgan fingerprint density at radius 1 is 1.14 bits per heavy atom. The first-order chi connectivity index (χ1) is 10.7. The van der Waals surface area contributed by atoms with Gasteiger partial charge in [-0.05, 0) is 29.7 Å². The molecule has 0 saturated heterocycles. The van der Waals surface area contributed by atoms with Crippen LogP contribution in [0.25, 0.3) is 10.8 Å². The van der Waals surface area contributed by atoms with Crippen LogP contribution in [0, 0.1) is 0 Å². The van der Waals surface area contributed by atoms with Crippen LogP contribution in [0.5, 0.6) is 0 Å². The molecule has 0 spiro atoms. The lowest BCUT2D eigenvalue weighted by atomic mass is 10.1.